The van der Waals surface area contributed by atoms with E-state index >= 15 is 0 Å². The second-order valence-electron chi connectivity index (χ2n) is 4.86. The standard InChI is InChI=1S/C18H17NO4/c1-13(20)19-16(18(21)22)11-15-9-5-6-10-17(15)23-12-14-7-3-2-4-8-14/h2-11H,12H2,1H3,(H,19,20)(H,21,22). The molecule has 5 heteroatoms. The normalized spacial score (nSPS) is 10.9. The zero-order valence-electron chi connectivity index (χ0n) is 12.7. The second kappa shape index (κ2) is 7.79. The van der Waals surface area contributed by atoms with E-state index in [0.717, 1.165) is 5.56 Å². The van der Waals surface area contributed by atoms with E-state index in [1.807, 2.05) is 30.3 Å². The Bertz CT molecular complexity index is 723. The molecule has 2 aromatic carbocycles. The minimum atomic E-state index is -1.21. The molecular weight excluding hydrogens is 294 g/mol. The molecule has 0 bridgehead atoms. The smallest absolute Gasteiger partial charge is 0.352 e. The molecule has 0 saturated carbocycles. The van der Waals surface area contributed by atoms with Gasteiger partial charge in [-0.1, -0.05) is 48.5 Å². The SMILES string of the molecule is CC(=O)NC(=Cc1ccccc1OCc1ccccc1)C(=O)O. The van der Waals surface area contributed by atoms with Gasteiger partial charge in [-0.15, -0.1) is 0 Å². The van der Waals surface area contributed by atoms with Crippen molar-refractivity contribution >= 4 is 18.0 Å². The Balaban J connectivity index is 2.22. The quantitative estimate of drug-likeness (QED) is 0.804. The van der Waals surface area contributed by atoms with Crippen LogP contribution in [0.3, 0.4) is 0 Å². The van der Waals surface area contributed by atoms with E-state index in [2.05, 4.69) is 5.32 Å². The first-order valence-corrected chi connectivity index (χ1v) is 7.04. The highest BCUT2D eigenvalue weighted by Crippen LogP contribution is 2.22. The lowest BCUT2D eigenvalue weighted by Crippen LogP contribution is -2.24. The number of carbonyl (C=O) groups excluding carboxylic acids is 1. The summed E-state index contributed by atoms with van der Waals surface area (Å²) in [7, 11) is 0. The Morgan fingerprint density at radius 1 is 1.09 bits per heavy atom. The van der Waals surface area contributed by atoms with Crippen molar-refractivity contribution in [3.8, 4) is 5.75 Å². The molecule has 0 saturated heterocycles. The van der Waals surface area contributed by atoms with Crippen LogP contribution in [-0.4, -0.2) is 17.0 Å². The second-order valence-corrected chi connectivity index (χ2v) is 4.86. The lowest BCUT2D eigenvalue weighted by Gasteiger charge is -2.10. The molecule has 0 aromatic heterocycles. The van der Waals surface area contributed by atoms with Gasteiger partial charge < -0.3 is 15.2 Å². The van der Waals surface area contributed by atoms with Crippen molar-refractivity contribution in [2.75, 3.05) is 0 Å². The number of ether oxygens (including phenoxy) is 1. The number of benzene rings is 2. The maximum absolute atomic E-state index is 11.2. The molecule has 0 aliphatic rings. The zero-order chi connectivity index (χ0) is 16.7. The van der Waals surface area contributed by atoms with Gasteiger partial charge in [0, 0.05) is 12.5 Å². The Kier molecular flexibility index (Phi) is 5.52. The Morgan fingerprint density at radius 2 is 1.74 bits per heavy atom. The third-order valence-corrected chi connectivity index (χ3v) is 3.00. The highest BCUT2D eigenvalue weighted by molar-refractivity contribution is 5.96. The van der Waals surface area contributed by atoms with E-state index in [0.29, 0.717) is 17.9 Å². The van der Waals surface area contributed by atoms with Gasteiger partial charge in [-0.25, -0.2) is 4.79 Å². The number of amides is 1. The summed E-state index contributed by atoms with van der Waals surface area (Å²) in [5, 5.41) is 11.5. The highest BCUT2D eigenvalue weighted by Gasteiger charge is 2.11. The molecule has 0 unspecified atom stereocenters. The number of carboxylic acids is 1. The van der Waals surface area contributed by atoms with Gasteiger partial charge in [0.1, 0.15) is 18.1 Å². The fourth-order valence-electron chi connectivity index (χ4n) is 1.96. The maximum Gasteiger partial charge on any atom is 0.352 e. The largest absolute Gasteiger partial charge is 0.488 e. The molecule has 5 nitrogen and oxygen atoms in total. The topological polar surface area (TPSA) is 75.6 Å². The molecule has 2 rings (SSSR count). The van der Waals surface area contributed by atoms with Gasteiger partial charge >= 0.3 is 5.97 Å². The van der Waals surface area contributed by atoms with E-state index < -0.39 is 11.9 Å². The number of carbonyl (C=O) groups is 2. The van der Waals surface area contributed by atoms with Crippen molar-refractivity contribution in [2.24, 2.45) is 0 Å². The third-order valence-electron chi connectivity index (χ3n) is 3.00. The molecule has 0 aliphatic carbocycles. The molecule has 0 fully saturated rings. The average molecular weight is 311 g/mol. The molecule has 0 atom stereocenters. The number of nitrogens with one attached hydrogen (secondary N) is 1. The predicted octanol–water partition coefficient (Wildman–Crippen LogP) is 2.83. The Hall–Kier alpha value is -3.08. The van der Waals surface area contributed by atoms with Crippen LogP contribution in [0.5, 0.6) is 5.75 Å². The van der Waals surface area contributed by atoms with Crippen LogP contribution in [-0.2, 0) is 16.2 Å². The van der Waals surface area contributed by atoms with Crippen LogP contribution in [0.1, 0.15) is 18.1 Å². The zero-order valence-corrected chi connectivity index (χ0v) is 12.7. The van der Waals surface area contributed by atoms with Crippen LogP contribution in [0.25, 0.3) is 6.08 Å². The third kappa shape index (κ3) is 5.00. The average Bonchev–Trinajstić information content (AvgIpc) is 2.54. The van der Waals surface area contributed by atoms with E-state index in [-0.39, 0.29) is 5.70 Å². The van der Waals surface area contributed by atoms with Crippen LogP contribution < -0.4 is 10.1 Å². The van der Waals surface area contributed by atoms with Crippen LogP contribution >= 0.6 is 0 Å². The summed E-state index contributed by atoms with van der Waals surface area (Å²) in [6.45, 7) is 1.63. The van der Waals surface area contributed by atoms with E-state index in [4.69, 9.17) is 9.84 Å². The van der Waals surface area contributed by atoms with Gasteiger partial charge in [-0.05, 0) is 17.7 Å². The van der Waals surface area contributed by atoms with E-state index in [1.165, 1.54) is 13.0 Å². The van der Waals surface area contributed by atoms with Crippen LogP contribution in [0.15, 0.2) is 60.3 Å². The van der Waals surface area contributed by atoms with Gasteiger partial charge in [0.2, 0.25) is 5.91 Å². The summed E-state index contributed by atoms with van der Waals surface area (Å²) in [5.74, 6) is -1.11. The van der Waals surface area contributed by atoms with Crippen molar-refractivity contribution in [2.45, 2.75) is 13.5 Å². The molecule has 0 spiro atoms. The Morgan fingerprint density at radius 3 is 2.39 bits per heavy atom. The van der Waals surface area contributed by atoms with Gasteiger partial charge in [0.25, 0.3) is 0 Å². The number of hydrogen-bond acceptors (Lipinski definition) is 3. The lowest BCUT2D eigenvalue weighted by atomic mass is 10.1. The molecule has 0 radical (unpaired) electrons. The van der Waals surface area contributed by atoms with Crippen molar-refractivity contribution in [3.63, 3.8) is 0 Å². The predicted molar refractivity (Wildman–Crippen MR) is 86.6 cm³/mol. The minimum absolute atomic E-state index is 0.201. The van der Waals surface area contributed by atoms with Crippen molar-refractivity contribution in [3.05, 3.63) is 71.4 Å². The summed E-state index contributed by atoms with van der Waals surface area (Å²) < 4.78 is 5.76. The molecule has 2 N–H and O–H groups in total. The number of para-hydroxylation sites is 1. The maximum atomic E-state index is 11.2. The first kappa shape index (κ1) is 16.3. The van der Waals surface area contributed by atoms with E-state index in [9.17, 15) is 9.59 Å². The number of carboxylic acid groups (broad SMARTS) is 1. The van der Waals surface area contributed by atoms with E-state index in [1.54, 1.807) is 24.3 Å². The number of hydrogen-bond donors (Lipinski definition) is 2. The summed E-state index contributed by atoms with van der Waals surface area (Å²) >= 11 is 0. The fraction of sp³-hybridized carbons (Fsp3) is 0.111. The first-order valence-electron chi connectivity index (χ1n) is 7.04. The molecule has 1 amide bonds. The van der Waals surface area contributed by atoms with Gasteiger partial charge in [-0.2, -0.15) is 0 Å². The van der Waals surface area contributed by atoms with Crippen LogP contribution in [0, 0.1) is 0 Å². The van der Waals surface area contributed by atoms with Crippen molar-refractivity contribution < 1.29 is 19.4 Å². The minimum Gasteiger partial charge on any atom is -0.488 e. The molecule has 118 valence electrons. The molecule has 23 heavy (non-hydrogen) atoms. The molecule has 2 aromatic rings. The van der Waals surface area contributed by atoms with Gasteiger partial charge in [0.15, 0.2) is 0 Å². The number of rotatable bonds is 6. The summed E-state index contributed by atoms with van der Waals surface area (Å²) in [6.07, 6.45) is 1.38. The van der Waals surface area contributed by atoms with Crippen molar-refractivity contribution in [1.82, 2.24) is 5.32 Å². The molecular formula is C18H17NO4. The Labute approximate surface area is 134 Å². The fourth-order valence-corrected chi connectivity index (χ4v) is 1.96. The van der Waals surface area contributed by atoms with Gasteiger partial charge in [0.05, 0.1) is 0 Å². The molecule has 0 aliphatic heterocycles. The summed E-state index contributed by atoms with van der Waals surface area (Å²) in [4.78, 5) is 22.3. The van der Waals surface area contributed by atoms with Crippen molar-refractivity contribution in [1.29, 1.82) is 0 Å². The summed E-state index contributed by atoms with van der Waals surface area (Å²) in [6, 6.07) is 16.7. The van der Waals surface area contributed by atoms with Crippen LogP contribution in [0.4, 0.5) is 0 Å². The molecule has 0 heterocycles. The summed E-state index contributed by atoms with van der Waals surface area (Å²) in [5.41, 5.74) is 1.38. The first-order chi connectivity index (χ1) is 11.1. The lowest BCUT2D eigenvalue weighted by molar-refractivity contribution is -0.134. The monoisotopic (exact) mass is 311 g/mol. The van der Waals surface area contributed by atoms with Crippen LogP contribution in [0.2, 0.25) is 0 Å². The number of aliphatic carboxylic acids is 1. The highest BCUT2D eigenvalue weighted by atomic mass is 16.5. The van der Waals surface area contributed by atoms with Gasteiger partial charge in [-0.3, -0.25) is 4.79 Å².